The molecule has 0 saturated heterocycles. The largest absolute Gasteiger partial charge is 0.312 e. The van der Waals surface area contributed by atoms with Crippen LogP contribution in [0.4, 0.5) is 51.2 Å². The van der Waals surface area contributed by atoms with Crippen LogP contribution in [-0.4, -0.2) is 13.4 Å². The van der Waals surface area contributed by atoms with Gasteiger partial charge in [-0.05, 0) is 98.5 Å². The number of rotatable bonds is 4. The van der Waals surface area contributed by atoms with Gasteiger partial charge >= 0.3 is 0 Å². The number of benzene rings is 9. The van der Waals surface area contributed by atoms with Gasteiger partial charge in [-0.15, -0.1) is 0 Å². The maximum absolute atomic E-state index is 10.4. The summed E-state index contributed by atoms with van der Waals surface area (Å²) in [4.78, 5) is 7.59. The number of nitrogens with zero attached hydrogens (tertiary/aromatic N) is 4. The van der Waals surface area contributed by atoms with E-state index in [1.807, 2.05) is 6.07 Å². The van der Waals surface area contributed by atoms with Crippen molar-refractivity contribution in [2.45, 2.75) is 0 Å². The van der Waals surface area contributed by atoms with E-state index in [-0.39, 0.29) is 13.4 Å². The Hall–Kier alpha value is -8.00. The van der Waals surface area contributed by atoms with E-state index in [0.29, 0.717) is 5.56 Å². The summed E-state index contributed by atoms with van der Waals surface area (Å²) in [5.74, 6) is 0. The van der Waals surface area contributed by atoms with Crippen LogP contribution in [0.15, 0.2) is 206 Å². The summed E-state index contributed by atoms with van der Waals surface area (Å²) in [7, 11) is 0. The summed E-state index contributed by atoms with van der Waals surface area (Å²) < 4.78 is 0. The first-order valence-corrected chi connectivity index (χ1v) is 21.0. The van der Waals surface area contributed by atoms with Crippen molar-refractivity contribution in [3.05, 3.63) is 212 Å². The number of fused-ring (bicyclic) bond motifs is 10. The predicted molar refractivity (Wildman–Crippen MR) is 255 cm³/mol. The molecule has 280 valence electrons. The fourth-order valence-electron chi connectivity index (χ4n) is 10.9. The smallest absolute Gasteiger partial charge is 0.252 e. The topological polar surface area (TPSA) is 33.5 Å². The van der Waals surface area contributed by atoms with Crippen LogP contribution in [0.2, 0.25) is 0 Å². The third kappa shape index (κ3) is 4.72. The van der Waals surface area contributed by atoms with Crippen LogP contribution in [0, 0.1) is 11.3 Å². The quantitative estimate of drug-likeness (QED) is 0.167. The first-order valence-electron chi connectivity index (χ1n) is 21.0. The van der Waals surface area contributed by atoms with Gasteiger partial charge in [0.15, 0.2) is 0 Å². The van der Waals surface area contributed by atoms with Gasteiger partial charge in [0.2, 0.25) is 0 Å². The molecule has 6 heteroatoms. The van der Waals surface area contributed by atoms with Gasteiger partial charge in [-0.3, -0.25) is 0 Å². The zero-order valence-electron chi connectivity index (χ0n) is 33.1. The van der Waals surface area contributed by atoms with Gasteiger partial charge in [0, 0.05) is 50.9 Å². The highest BCUT2D eigenvalue weighted by Crippen LogP contribution is 2.51. The van der Waals surface area contributed by atoms with Gasteiger partial charge in [-0.25, -0.2) is 0 Å². The second kappa shape index (κ2) is 13.0. The molecule has 0 radical (unpaired) electrons. The predicted octanol–water partition coefficient (Wildman–Crippen LogP) is 9.59. The second-order valence-electron chi connectivity index (χ2n) is 16.3. The zero-order chi connectivity index (χ0) is 40.2. The molecule has 4 nitrogen and oxygen atoms in total. The van der Waals surface area contributed by atoms with Crippen LogP contribution in [0.3, 0.4) is 0 Å². The number of hydrogen-bond donors (Lipinski definition) is 0. The van der Waals surface area contributed by atoms with E-state index in [4.69, 9.17) is 0 Å². The molecule has 0 amide bonds. The molecule has 0 saturated carbocycles. The van der Waals surface area contributed by atoms with Crippen molar-refractivity contribution in [3.63, 3.8) is 0 Å². The normalized spacial score (nSPS) is 13.4. The standard InChI is InChI=1S/C55H34B2N4/c58-35-36-31-32-50-44(33-36)57-42-24-10-15-29-48(42)60(46-27-13-8-22-40(46)38-19-5-2-6-20-38)52-34-51-53-55(54(52)57)61(50)49-30-16-11-25-43(49)56(53)41-23-9-14-28-47(41)59(51)45-26-12-7-21-39(45)37-17-3-1-4-18-37/h1-34H. The minimum absolute atomic E-state index is 0.0121. The molecule has 9 aromatic rings. The number of anilines is 9. The fourth-order valence-corrected chi connectivity index (χ4v) is 10.9. The van der Waals surface area contributed by atoms with Gasteiger partial charge < -0.3 is 14.7 Å². The van der Waals surface area contributed by atoms with Crippen LogP contribution >= 0.6 is 0 Å². The van der Waals surface area contributed by atoms with Gasteiger partial charge in [-0.2, -0.15) is 5.26 Å². The Kier molecular flexibility index (Phi) is 7.23. The average Bonchev–Trinajstić information content (AvgIpc) is 3.34. The van der Waals surface area contributed by atoms with Gasteiger partial charge in [0.05, 0.1) is 23.0 Å². The Morgan fingerprint density at radius 2 is 0.721 bits per heavy atom. The average molecular weight is 773 g/mol. The Morgan fingerprint density at radius 3 is 1.21 bits per heavy atom. The highest BCUT2D eigenvalue weighted by Gasteiger charge is 2.51. The lowest BCUT2D eigenvalue weighted by atomic mass is 9.28. The Bertz CT molecular complexity index is 3320. The lowest BCUT2D eigenvalue weighted by Gasteiger charge is -2.51. The van der Waals surface area contributed by atoms with Crippen LogP contribution in [0.1, 0.15) is 5.56 Å². The summed E-state index contributed by atoms with van der Waals surface area (Å²) in [6.07, 6.45) is 0. The molecule has 4 aliphatic heterocycles. The molecule has 61 heavy (non-hydrogen) atoms. The molecule has 13 rings (SSSR count). The minimum Gasteiger partial charge on any atom is -0.312 e. The van der Waals surface area contributed by atoms with Crippen molar-refractivity contribution in [1.82, 2.24) is 0 Å². The maximum Gasteiger partial charge on any atom is 0.252 e. The molecule has 0 fully saturated rings. The molecule has 0 bridgehead atoms. The summed E-state index contributed by atoms with van der Waals surface area (Å²) >= 11 is 0. The van der Waals surface area contributed by atoms with Crippen LogP contribution < -0.4 is 47.5 Å². The van der Waals surface area contributed by atoms with Crippen LogP contribution in [0.5, 0.6) is 0 Å². The highest BCUT2D eigenvalue weighted by atomic mass is 15.2. The first kappa shape index (κ1) is 33.9. The molecular formula is C55H34B2N4. The fraction of sp³-hybridized carbons (Fsp3) is 0. The third-order valence-electron chi connectivity index (χ3n) is 13.3. The summed E-state index contributed by atoms with van der Waals surface area (Å²) in [5, 5.41) is 10.4. The molecular weight excluding hydrogens is 738 g/mol. The van der Waals surface area contributed by atoms with Crippen molar-refractivity contribution in [2.24, 2.45) is 0 Å². The molecule has 0 aliphatic carbocycles. The molecule has 0 atom stereocenters. The highest BCUT2D eigenvalue weighted by molar-refractivity contribution is 7.04. The monoisotopic (exact) mass is 772 g/mol. The lowest BCUT2D eigenvalue weighted by Crippen LogP contribution is -2.68. The number of nitriles is 1. The summed E-state index contributed by atoms with van der Waals surface area (Å²) in [6.45, 7) is -0.124. The minimum atomic E-state index is -0.112. The molecule has 0 N–H and O–H groups in total. The lowest BCUT2D eigenvalue weighted by molar-refractivity contribution is 1.23. The van der Waals surface area contributed by atoms with Crippen molar-refractivity contribution in [3.8, 4) is 28.3 Å². The number of para-hydroxylation sites is 5. The Balaban J connectivity index is 1.21. The maximum atomic E-state index is 10.4. The molecule has 4 heterocycles. The first-order chi connectivity index (χ1) is 30.3. The molecule has 0 unspecified atom stereocenters. The second-order valence-corrected chi connectivity index (χ2v) is 16.3. The van der Waals surface area contributed by atoms with Crippen molar-refractivity contribution in [1.29, 1.82) is 5.26 Å². The molecule has 9 aromatic carbocycles. The molecule has 0 spiro atoms. The Labute approximate surface area is 356 Å². The van der Waals surface area contributed by atoms with Crippen LogP contribution in [0.25, 0.3) is 22.3 Å². The third-order valence-corrected chi connectivity index (χ3v) is 13.3. The van der Waals surface area contributed by atoms with E-state index in [1.165, 1.54) is 55.5 Å². The number of hydrogen-bond acceptors (Lipinski definition) is 4. The van der Waals surface area contributed by atoms with E-state index in [9.17, 15) is 5.26 Å². The van der Waals surface area contributed by atoms with E-state index in [0.717, 1.165) is 50.7 Å². The molecule has 4 aliphatic rings. The van der Waals surface area contributed by atoms with Crippen molar-refractivity contribution in [2.75, 3.05) is 14.7 Å². The van der Waals surface area contributed by atoms with E-state index < -0.39 is 0 Å². The SMILES string of the molecule is N#Cc1ccc2c(c1)B1c3ccccc3N(c3ccccc3-c3ccccc3)c3cc4c5c(c31)N2c1ccccc1B5c1ccccc1N4c1ccccc1-c1ccccc1. The van der Waals surface area contributed by atoms with E-state index in [2.05, 4.69) is 221 Å². The summed E-state index contributed by atoms with van der Waals surface area (Å²) in [6, 6.07) is 77.4. The van der Waals surface area contributed by atoms with Crippen LogP contribution in [-0.2, 0) is 0 Å². The zero-order valence-corrected chi connectivity index (χ0v) is 33.1. The molecule has 0 aromatic heterocycles. The van der Waals surface area contributed by atoms with Gasteiger partial charge in [-0.1, -0.05) is 152 Å². The van der Waals surface area contributed by atoms with E-state index >= 15 is 0 Å². The van der Waals surface area contributed by atoms with Crippen molar-refractivity contribution < 1.29 is 0 Å². The van der Waals surface area contributed by atoms with Gasteiger partial charge in [0.1, 0.15) is 0 Å². The van der Waals surface area contributed by atoms with Crippen molar-refractivity contribution >= 4 is 97.4 Å². The van der Waals surface area contributed by atoms with E-state index in [1.54, 1.807) is 0 Å². The van der Waals surface area contributed by atoms with Gasteiger partial charge in [0.25, 0.3) is 13.4 Å². The summed E-state index contributed by atoms with van der Waals surface area (Å²) in [5.41, 5.74) is 23.2. The Morgan fingerprint density at radius 1 is 0.328 bits per heavy atom.